The number of carbonyl (C=O) groups is 3. The summed E-state index contributed by atoms with van der Waals surface area (Å²) >= 11 is 0. The van der Waals surface area contributed by atoms with E-state index in [1.807, 2.05) is 0 Å². The van der Waals surface area contributed by atoms with Crippen molar-refractivity contribution in [3.05, 3.63) is 37.5 Å². The van der Waals surface area contributed by atoms with E-state index in [1.54, 1.807) is 6.92 Å². The largest absolute Gasteiger partial charge is 0.462 e. The van der Waals surface area contributed by atoms with E-state index in [1.165, 1.54) is 0 Å². The molecule has 0 radical (unpaired) electrons. The van der Waals surface area contributed by atoms with Crippen LogP contribution in [0.25, 0.3) is 0 Å². The normalized spacial score (nSPS) is 23.3. The maximum Gasteiger partial charge on any atom is 0.333 e. The molecule has 0 heterocycles. The molecule has 0 saturated heterocycles. The highest BCUT2D eigenvalue weighted by molar-refractivity contribution is 5.86. The minimum absolute atomic E-state index is 0.0135. The summed E-state index contributed by atoms with van der Waals surface area (Å²) in [6.45, 7) is 12.0. The van der Waals surface area contributed by atoms with Gasteiger partial charge in [-0.15, -0.1) is 0 Å². The van der Waals surface area contributed by atoms with Crippen LogP contribution in [-0.4, -0.2) is 36.7 Å². The van der Waals surface area contributed by atoms with E-state index in [2.05, 4.69) is 19.7 Å². The first-order chi connectivity index (χ1) is 10.9. The zero-order chi connectivity index (χ0) is 17.4. The van der Waals surface area contributed by atoms with Crippen LogP contribution in [0.4, 0.5) is 0 Å². The summed E-state index contributed by atoms with van der Waals surface area (Å²) in [5, 5.41) is 0. The van der Waals surface area contributed by atoms with E-state index in [-0.39, 0.29) is 12.5 Å². The van der Waals surface area contributed by atoms with Crippen molar-refractivity contribution in [3.63, 3.8) is 0 Å². The summed E-state index contributed by atoms with van der Waals surface area (Å²) in [5.41, 5.74) is 0.327. The molecular weight excluding hydrogens is 300 g/mol. The summed E-state index contributed by atoms with van der Waals surface area (Å²) in [6.07, 6.45) is 2.58. The highest BCUT2D eigenvalue weighted by atomic mass is 16.6. The Morgan fingerprint density at radius 1 is 1.04 bits per heavy atom. The fourth-order valence-corrected chi connectivity index (χ4v) is 2.31. The summed E-state index contributed by atoms with van der Waals surface area (Å²) in [5.74, 6) is -1.60. The molecule has 0 aromatic carbocycles. The van der Waals surface area contributed by atoms with Crippen molar-refractivity contribution in [2.24, 2.45) is 5.92 Å². The SMILES string of the molecule is C=CC(=O)OC1CCC(COC(=O)C(=C)C)CC1OC(=O)C=C. The number of hydrogen-bond acceptors (Lipinski definition) is 6. The lowest BCUT2D eigenvalue weighted by atomic mass is 9.85. The smallest absolute Gasteiger partial charge is 0.333 e. The standard InChI is InChI=1S/C17H22O6/c1-5-15(18)22-13-8-7-12(10-21-17(20)11(3)4)9-14(13)23-16(19)6-2/h5-6,12-14H,1-3,7-10H2,4H3. The van der Waals surface area contributed by atoms with Gasteiger partial charge >= 0.3 is 17.9 Å². The summed E-state index contributed by atoms with van der Waals surface area (Å²) in [4.78, 5) is 34.3. The zero-order valence-electron chi connectivity index (χ0n) is 13.3. The Kier molecular flexibility index (Phi) is 7.25. The maximum atomic E-state index is 11.4. The molecule has 1 rings (SSSR count). The van der Waals surface area contributed by atoms with Gasteiger partial charge in [0.05, 0.1) is 6.61 Å². The second-order valence-electron chi connectivity index (χ2n) is 5.42. The van der Waals surface area contributed by atoms with Gasteiger partial charge in [0, 0.05) is 17.7 Å². The third-order valence-electron chi connectivity index (χ3n) is 3.51. The van der Waals surface area contributed by atoms with Gasteiger partial charge < -0.3 is 14.2 Å². The summed E-state index contributed by atoms with van der Waals surface area (Å²) in [6, 6.07) is 0. The molecule has 0 spiro atoms. The minimum atomic E-state index is -0.605. The highest BCUT2D eigenvalue weighted by Crippen LogP contribution is 2.29. The number of hydrogen-bond donors (Lipinski definition) is 0. The van der Waals surface area contributed by atoms with Crippen molar-refractivity contribution in [1.29, 1.82) is 0 Å². The molecule has 1 fully saturated rings. The Balaban J connectivity index is 2.65. The Morgan fingerprint density at radius 3 is 2.13 bits per heavy atom. The molecule has 0 amide bonds. The van der Waals surface area contributed by atoms with Gasteiger partial charge in [-0.2, -0.15) is 0 Å². The summed E-state index contributed by atoms with van der Waals surface area (Å²) < 4.78 is 15.6. The van der Waals surface area contributed by atoms with E-state index >= 15 is 0 Å². The molecular formula is C17H22O6. The second-order valence-corrected chi connectivity index (χ2v) is 5.42. The fourth-order valence-electron chi connectivity index (χ4n) is 2.31. The Bertz CT molecular complexity index is 507. The molecule has 1 aliphatic rings. The van der Waals surface area contributed by atoms with E-state index in [0.717, 1.165) is 12.2 Å². The van der Waals surface area contributed by atoms with Crippen molar-refractivity contribution in [3.8, 4) is 0 Å². The molecule has 0 aliphatic heterocycles. The first-order valence-corrected chi connectivity index (χ1v) is 7.36. The molecule has 126 valence electrons. The molecule has 3 unspecified atom stereocenters. The minimum Gasteiger partial charge on any atom is -0.462 e. The first kappa shape index (κ1) is 18.7. The van der Waals surface area contributed by atoms with Crippen molar-refractivity contribution in [2.75, 3.05) is 6.61 Å². The van der Waals surface area contributed by atoms with Crippen molar-refractivity contribution in [1.82, 2.24) is 0 Å². The van der Waals surface area contributed by atoms with Crippen LogP contribution in [0.15, 0.2) is 37.5 Å². The van der Waals surface area contributed by atoms with Crippen LogP contribution >= 0.6 is 0 Å². The fraction of sp³-hybridized carbons (Fsp3) is 0.471. The number of ether oxygens (including phenoxy) is 3. The zero-order valence-corrected chi connectivity index (χ0v) is 13.3. The lowest BCUT2D eigenvalue weighted by Crippen LogP contribution is -2.41. The van der Waals surface area contributed by atoms with E-state index in [0.29, 0.717) is 24.8 Å². The molecule has 0 aromatic rings. The van der Waals surface area contributed by atoms with Gasteiger partial charge in [-0.1, -0.05) is 19.7 Å². The molecule has 23 heavy (non-hydrogen) atoms. The Hall–Kier alpha value is -2.37. The predicted octanol–water partition coefficient (Wildman–Crippen LogP) is 2.10. The average Bonchev–Trinajstić information content (AvgIpc) is 2.53. The van der Waals surface area contributed by atoms with Crippen LogP contribution < -0.4 is 0 Å². The van der Waals surface area contributed by atoms with Gasteiger partial charge in [0.15, 0.2) is 0 Å². The van der Waals surface area contributed by atoms with Crippen LogP contribution in [-0.2, 0) is 28.6 Å². The van der Waals surface area contributed by atoms with Crippen molar-refractivity contribution >= 4 is 17.9 Å². The molecule has 3 atom stereocenters. The average molecular weight is 322 g/mol. The lowest BCUT2D eigenvalue weighted by molar-refractivity contribution is -0.168. The Morgan fingerprint density at radius 2 is 1.61 bits per heavy atom. The van der Waals surface area contributed by atoms with Gasteiger partial charge in [0.1, 0.15) is 12.2 Å². The third-order valence-corrected chi connectivity index (χ3v) is 3.51. The van der Waals surface area contributed by atoms with Crippen LogP contribution in [0.1, 0.15) is 26.2 Å². The van der Waals surface area contributed by atoms with Gasteiger partial charge in [-0.3, -0.25) is 0 Å². The maximum absolute atomic E-state index is 11.4. The Labute approximate surface area is 135 Å². The van der Waals surface area contributed by atoms with Crippen LogP contribution in [0, 0.1) is 5.92 Å². The van der Waals surface area contributed by atoms with Gasteiger partial charge in [-0.05, 0) is 32.1 Å². The number of carbonyl (C=O) groups excluding carboxylic acids is 3. The molecule has 1 saturated carbocycles. The van der Waals surface area contributed by atoms with Gasteiger partial charge in [0.25, 0.3) is 0 Å². The van der Waals surface area contributed by atoms with Crippen LogP contribution in [0.3, 0.4) is 0 Å². The monoisotopic (exact) mass is 322 g/mol. The van der Waals surface area contributed by atoms with Crippen LogP contribution in [0.2, 0.25) is 0 Å². The summed E-state index contributed by atoms with van der Waals surface area (Å²) in [7, 11) is 0. The molecule has 0 N–H and O–H groups in total. The molecule has 1 aliphatic carbocycles. The van der Waals surface area contributed by atoms with Crippen molar-refractivity contribution in [2.45, 2.75) is 38.4 Å². The molecule has 6 heteroatoms. The van der Waals surface area contributed by atoms with E-state index < -0.39 is 30.1 Å². The third kappa shape index (κ3) is 6.10. The van der Waals surface area contributed by atoms with E-state index in [4.69, 9.17) is 14.2 Å². The quantitative estimate of drug-likeness (QED) is 0.406. The number of esters is 3. The van der Waals surface area contributed by atoms with E-state index in [9.17, 15) is 14.4 Å². The molecule has 0 aromatic heterocycles. The van der Waals surface area contributed by atoms with Crippen molar-refractivity contribution < 1.29 is 28.6 Å². The van der Waals surface area contributed by atoms with Crippen LogP contribution in [0.5, 0.6) is 0 Å². The predicted molar refractivity (Wildman–Crippen MR) is 83.3 cm³/mol. The first-order valence-electron chi connectivity index (χ1n) is 7.36. The van der Waals surface area contributed by atoms with Gasteiger partial charge in [0.2, 0.25) is 0 Å². The molecule has 6 nitrogen and oxygen atoms in total. The lowest BCUT2D eigenvalue weighted by Gasteiger charge is -2.34. The van der Waals surface area contributed by atoms with Gasteiger partial charge in [-0.25, -0.2) is 14.4 Å². The highest BCUT2D eigenvalue weighted by Gasteiger charge is 2.35. The number of rotatable bonds is 7. The topological polar surface area (TPSA) is 78.9 Å². The second kappa shape index (κ2) is 8.92. The molecule has 0 bridgehead atoms.